The predicted molar refractivity (Wildman–Crippen MR) is 80.3 cm³/mol. The van der Waals surface area contributed by atoms with E-state index in [1.165, 1.54) is 12.8 Å². The second-order valence-electron chi connectivity index (χ2n) is 5.56. The fourth-order valence-electron chi connectivity index (χ4n) is 2.93. The van der Waals surface area contributed by atoms with E-state index in [1.807, 2.05) is 12.1 Å². The number of hydrogen-bond donors (Lipinski definition) is 1. The van der Waals surface area contributed by atoms with Gasteiger partial charge in [0, 0.05) is 12.1 Å². The summed E-state index contributed by atoms with van der Waals surface area (Å²) < 4.78 is 29.7. The molecule has 0 aromatic heterocycles. The SMILES string of the molecule is COc1ccc(CS(=O)(=O)CC2CCCC2)cc1CN. The zero-order chi connectivity index (χ0) is 14.6. The van der Waals surface area contributed by atoms with Crippen LogP contribution in [0.15, 0.2) is 18.2 Å². The van der Waals surface area contributed by atoms with Crippen molar-refractivity contribution in [1.29, 1.82) is 0 Å². The zero-order valence-electron chi connectivity index (χ0n) is 12.0. The summed E-state index contributed by atoms with van der Waals surface area (Å²) in [7, 11) is -1.46. The van der Waals surface area contributed by atoms with Crippen molar-refractivity contribution in [3.63, 3.8) is 0 Å². The van der Waals surface area contributed by atoms with Crippen LogP contribution in [0.1, 0.15) is 36.8 Å². The molecule has 2 rings (SSSR count). The first-order valence-corrected chi connectivity index (χ1v) is 8.92. The minimum Gasteiger partial charge on any atom is -0.496 e. The molecule has 0 radical (unpaired) electrons. The lowest BCUT2D eigenvalue weighted by molar-refractivity contribution is 0.409. The van der Waals surface area contributed by atoms with Crippen LogP contribution < -0.4 is 10.5 Å². The van der Waals surface area contributed by atoms with Crippen molar-refractivity contribution in [3.8, 4) is 5.75 Å². The van der Waals surface area contributed by atoms with Crippen molar-refractivity contribution in [2.24, 2.45) is 11.7 Å². The molecule has 1 aliphatic carbocycles. The van der Waals surface area contributed by atoms with Crippen LogP contribution in [0.4, 0.5) is 0 Å². The molecule has 0 unspecified atom stereocenters. The molecule has 112 valence electrons. The molecule has 1 aromatic rings. The van der Waals surface area contributed by atoms with E-state index in [-0.39, 0.29) is 5.75 Å². The third-order valence-electron chi connectivity index (χ3n) is 3.92. The molecule has 20 heavy (non-hydrogen) atoms. The van der Waals surface area contributed by atoms with Gasteiger partial charge < -0.3 is 10.5 Å². The van der Waals surface area contributed by atoms with E-state index in [0.29, 0.717) is 24.0 Å². The number of rotatable bonds is 6. The van der Waals surface area contributed by atoms with Gasteiger partial charge in [-0.1, -0.05) is 18.9 Å². The minimum absolute atomic E-state index is 0.0977. The Morgan fingerprint density at radius 2 is 2.00 bits per heavy atom. The average molecular weight is 297 g/mol. The molecule has 2 N–H and O–H groups in total. The van der Waals surface area contributed by atoms with Crippen molar-refractivity contribution in [2.45, 2.75) is 38.0 Å². The van der Waals surface area contributed by atoms with Crippen LogP contribution in [0.25, 0.3) is 0 Å². The van der Waals surface area contributed by atoms with Crippen molar-refractivity contribution in [1.82, 2.24) is 0 Å². The number of sulfone groups is 1. The Kier molecular flexibility index (Phi) is 5.05. The highest BCUT2D eigenvalue weighted by molar-refractivity contribution is 7.90. The van der Waals surface area contributed by atoms with Gasteiger partial charge in [-0.05, 0) is 36.5 Å². The van der Waals surface area contributed by atoms with Gasteiger partial charge in [0.25, 0.3) is 0 Å². The summed E-state index contributed by atoms with van der Waals surface area (Å²) in [6.45, 7) is 0.347. The fourth-order valence-corrected chi connectivity index (χ4v) is 4.79. The molecule has 0 amide bonds. The molecule has 4 nitrogen and oxygen atoms in total. The van der Waals surface area contributed by atoms with E-state index in [4.69, 9.17) is 10.5 Å². The van der Waals surface area contributed by atoms with Gasteiger partial charge in [0.05, 0.1) is 18.6 Å². The van der Waals surface area contributed by atoms with Crippen LogP contribution in [0, 0.1) is 5.92 Å². The topological polar surface area (TPSA) is 69.4 Å². The molecule has 1 aromatic carbocycles. The summed E-state index contributed by atoms with van der Waals surface area (Å²) in [6, 6.07) is 5.44. The van der Waals surface area contributed by atoms with E-state index in [1.54, 1.807) is 13.2 Å². The molecular formula is C15H23NO3S. The molecule has 0 saturated heterocycles. The fraction of sp³-hybridized carbons (Fsp3) is 0.600. The molecular weight excluding hydrogens is 274 g/mol. The van der Waals surface area contributed by atoms with Crippen LogP contribution >= 0.6 is 0 Å². The zero-order valence-corrected chi connectivity index (χ0v) is 12.8. The van der Waals surface area contributed by atoms with Gasteiger partial charge >= 0.3 is 0 Å². The summed E-state index contributed by atoms with van der Waals surface area (Å²) in [4.78, 5) is 0. The lowest BCUT2D eigenvalue weighted by atomic mass is 10.1. The summed E-state index contributed by atoms with van der Waals surface area (Å²) in [5.41, 5.74) is 7.31. The minimum atomic E-state index is -3.04. The second kappa shape index (κ2) is 6.59. The van der Waals surface area contributed by atoms with E-state index in [9.17, 15) is 8.42 Å². The Bertz CT molecular complexity index is 548. The first-order chi connectivity index (χ1) is 9.54. The quantitative estimate of drug-likeness (QED) is 0.874. The number of benzene rings is 1. The molecule has 0 aliphatic heterocycles. The highest BCUT2D eigenvalue weighted by Crippen LogP contribution is 2.27. The molecule has 1 aliphatic rings. The lowest BCUT2D eigenvalue weighted by Gasteiger charge is -2.12. The maximum Gasteiger partial charge on any atom is 0.154 e. The van der Waals surface area contributed by atoms with Gasteiger partial charge in [0.2, 0.25) is 0 Å². The Morgan fingerprint density at radius 1 is 1.30 bits per heavy atom. The van der Waals surface area contributed by atoms with E-state index < -0.39 is 9.84 Å². The number of hydrogen-bond acceptors (Lipinski definition) is 4. The molecule has 1 saturated carbocycles. The normalized spacial score (nSPS) is 16.5. The van der Waals surface area contributed by atoms with E-state index in [2.05, 4.69) is 0 Å². The highest BCUT2D eigenvalue weighted by atomic mass is 32.2. The van der Waals surface area contributed by atoms with E-state index in [0.717, 1.165) is 24.0 Å². The third-order valence-corrected chi connectivity index (χ3v) is 5.67. The first-order valence-electron chi connectivity index (χ1n) is 7.10. The van der Waals surface area contributed by atoms with Crippen molar-refractivity contribution < 1.29 is 13.2 Å². The maximum absolute atomic E-state index is 12.2. The Morgan fingerprint density at radius 3 is 2.60 bits per heavy atom. The molecule has 0 atom stereocenters. The maximum atomic E-state index is 12.2. The number of methoxy groups -OCH3 is 1. The van der Waals surface area contributed by atoms with Crippen LogP contribution in [0.3, 0.4) is 0 Å². The standard InChI is InChI=1S/C15H23NO3S/c1-19-15-7-6-13(8-14(15)9-16)11-20(17,18)10-12-4-2-3-5-12/h6-8,12H,2-5,9-11,16H2,1H3. The Hall–Kier alpha value is -1.07. The number of nitrogens with two attached hydrogens (primary N) is 1. The third kappa shape index (κ3) is 3.96. The number of ether oxygens (including phenoxy) is 1. The first kappa shape index (κ1) is 15.3. The Labute approximate surface area is 121 Å². The highest BCUT2D eigenvalue weighted by Gasteiger charge is 2.23. The molecule has 0 heterocycles. The molecule has 1 fully saturated rings. The largest absolute Gasteiger partial charge is 0.496 e. The average Bonchev–Trinajstić information content (AvgIpc) is 2.90. The van der Waals surface area contributed by atoms with Crippen LogP contribution in [-0.4, -0.2) is 21.3 Å². The lowest BCUT2D eigenvalue weighted by Crippen LogP contribution is -2.16. The summed E-state index contributed by atoms with van der Waals surface area (Å²) in [5, 5.41) is 0. The monoisotopic (exact) mass is 297 g/mol. The van der Waals surface area contributed by atoms with Gasteiger partial charge in [-0.2, -0.15) is 0 Å². The van der Waals surface area contributed by atoms with Crippen molar-refractivity contribution >= 4 is 9.84 Å². The summed E-state index contributed by atoms with van der Waals surface area (Å²) in [6.07, 6.45) is 4.44. The van der Waals surface area contributed by atoms with Gasteiger partial charge in [-0.25, -0.2) is 8.42 Å². The van der Waals surface area contributed by atoms with Crippen LogP contribution in [0.5, 0.6) is 5.75 Å². The molecule has 0 bridgehead atoms. The predicted octanol–water partition coefficient (Wildman–Crippen LogP) is 2.26. The smallest absolute Gasteiger partial charge is 0.154 e. The van der Waals surface area contributed by atoms with Gasteiger partial charge in [0.15, 0.2) is 9.84 Å². The Balaban J connectivity index is 2.08. The van der Waals surface area contributed by atoms with Crippen LogP contribution in [0.2, 0.25) is 0 Å². The van der Waals surface area contributed by atoms with Crippen LogP contribution in [-0.2, 0) is 22.1 Å². The van der Waals surface area contributed by atoms with Gasteiger partial charge in [0.1, 0.15) is 5.75 Å². The van der Waals surface area contributed by atoms with Crippen molar-refractivity contribution in [3.05, 3.63) is 29.3 Å². The van der Waals surface area contributed by atoms with Crippen molar-refractivity contribution in [2.75, 3.05) is 12.9 Å². The van der Waals surface area contributed by atoms with Gasteiger partial charge in [-0.3, -0.25) is 0 Å². The molecule has 5 heteroatoms. The summed E-state index contributed by atoms with van der Waals surface area (Å²) in [5.74, 6) is 1.48. The molecule has 0 spiro atoms. The van der Waals surface area contributed by atoms with Gasteiger partial charge in [-0.15, -0.1) is 0 Å². The van der Waals surface area contributed by atoms with E-state index >= 15 is 0 Å². The second-order valence-corrected chi connectivity index (χ2v) is 7.66. The summed E-state index contributed by atoms with van der Waals surface area (Å²) >= 11 is 0.